The van der Waals surface area contributed by atoms with Crippen molar-refractivity contribution in [1.29, 1.82) is 0 Å². The molecule has 0 amide bonds. The number of carboxylic acids is 1. The number of ketones is 1. The summed E-state index contributed by atoms with van der Waals surface area (Å²) >= 11 is 0. The Bertz CT molecular complexity index is 623. The van der Waals surface area contributed by atoms with Crippen LogP contribution in [-0.2, 0) is 4.79 Å². The lowest BCUT2D eigenvalue weighted by molar-refractivity contribution is -0.137. The molecule has 0 saturated carbocycles. The highest BCUT2D eigenvalue weighted by Crippen LogP contribution is 2.27. The van der Waals surface area contributed by atoms with Crippen LogP contribution in [0.4, 0.5) is 0 Å². The van der Waals surface area contributed by atoms with Crippen molar-refractivity contribution >= 4 is 11.8 Å². The summed E-state index contributed by atoms with van der Waals surface area (Å²) in [6.07, 6.45) is 2.85. The summed E-state index contributed by atoms with van der Waals surface area (Å²) in [7, 11) is 0. The number of pyridine rings is 1. The summed E-state index contributed by atoms with van der Waals surface area (Å²) in [6, 6.07) is 10.6. The largest absolute Gasteiger partial charge is 0.481 e. The van der Waals surface area contributed by atoms with E-state index in [1.165, 1.54) is 12.4 Å². The number of carbonyl (C=O) groups excluding carboxylic acids is 1. The molecule has 0 aliphatic carbocycles. The minimum Gasteiger partial charge on any atom is -0.481 e. The number of benzene rings is 1. The number of hydrogen-bond donors (Lipinski definition) is 1. The fraction of sp³-hybridized carbons (Fsp3) is 0.188. The first kappa shape index (κ1) is 13.9. The van der Waals surface area contributed by atoms with Crippen LogP contribution >= 0.6 is 0 Å². The van der Waals surface area contributed by atoms with Crippen molar-refractivity contribution in [3.05, 3.63) is 65.5 Å². The van der Waals surface area contributed by atoms with Crippen LogP contribution in [0.15, 0.2) is 48.8 Å². The minimum atomic E-state index is -0.986. The minimum absolute atomic E-state index is 0.191. The van der Waals surface area contributed by atoms with Crippen LogP contribution in [0.25, 0.3) is 0 Å². The molecule has 1 unspecified atom stereocenters. The van der Waals surface area contributed by atoms with Crippen molar-refractivity contribution in [2.24, 2.45) is 0 Å². The van der Waals surface area contributed by atoms with Gasteiger partial charge in [0.2, 0.25) is 0 Å². The molecule has 1 aromatic heterocycles. The zero-order valence-electron chi connectivity index (χ0n) is 11.1. The van der Waals surface area contributed by atoms with Crippen molar-refractivity contribution in [3.63, 3.8) is 0 Å². The van der Waals surface area contributed by atoms with Gasteiger partial charge >= 0.3 is 5.97 Å². The van der Waals surface area contributed by atoms with Gasteiger partial charge in [-0.3, -0.25) is 14.6 Å². The van der Waals surface area contributed by atoms with Crippen LogP contribution in [0, 0.1) is 6.92 Å². The van der Waals surface area contributed by atoms with E-state index in [-0.39, 0.29) is 12.2 Å². The molecule has 0 aliphatic rings. The van der Waals surface area contributed by atoms with E-state index in [0.717, 1.165) is 11.1 Å². The van der Waals surface area contributed by atoms with Gasteiger partial charge in [-0.25, -0.2) is 0 Å². The van der Waals surface area contributed by atoms with E-state index in [9.17, 15) is 9.59 Å². The Hall–Kier alpha value is -2.49. The van der Waals surface area contributed by atoms with Crippen molar-refractivity contribution in [1.82, 2.24) is 4.98 Å². The molecule has 1 aromatic carbocycles. The second-order valence-electron chi connectivity index (χ2n) is 4.61. The van der Waals surface area contributed by atoms with Gasteiger partial charge in [0.1, 0.15) is 0 Å². The summed E-state index contributed by atoms with van der Waals surface area (Å²) in [4.78, 5) is 27.5. The third kappa shape index (κ3) is 3.09. The third-order valence-electron chi connectivity index (χ3n) is 3.22. The molecule has 2 aromatic rings. The number of carbonyl (C=O) groups is 2. The summed E-state index contributed by atoms with van der Waals surface area (Å²) in [5, 5.41) is 9.07. The van der Waals surface area contributed by atoms with E-state index in [2.05, 4.69) is 4.98 Å². The van der Waals surface area contributed by atoms with Gasteiger partial charge in [0, 0.05) is 18.0 Å². The van der Waals surface area contributed by atoms with Gasteiger partial charge in [-0.1, -0.05) is 24.3 Å². The van der Waals surface area contributed by atoms with Crippen molar-refractivity contribution in [2.75, 3.05) is 0 Å². The first-order valence-corrected chi connectivity index (χ1v) is 6.31. The van der Waals surface area contributed by atoms with E-state index in [0.29, 0.717) is 5.56 Å². The Morgan fingerprint density at radius 2 is 1.80 bits per heavy atom. The van der Waals surface area contributed by atoms with Gasteiger partial charge in [0.15, 0.2) is 5.78 Å². The van der Waals surface area contributed by atoms with Crippen LogP contribution in [-0.4, -0.2) is 21.8 Å². The maximum absolute atomic E-state index is 12.5. The lowest BCUT2D eigenvalue weighted by Gasteiger charge is -2.16. The zero-order valence-corrected chi connectivity index (χ0v) is 11.1. The highest BCUT2D eigenvalue weighted by atomic mass is 16.4. The monoisotopic (exact) mass is 269 g/mol. The SMILES string of the molecule is Cc1ccccc1C(CC(=O)O)C(=O)c1ccncc1. The molecule has 1 atom stereocenters. The number of nitrogens with zero attached hydrogens (tertiary/aromatic N) is 1. The topological polar surface area (TPSA) is 67.3 Å². The normalized spacial score (nSPS) is 11.8. The van der Waals surface area contributed by atoms with Crippen molar-refractivity contribution in [3.8, 4) is 0 Å². The lowest BCUT2D eigenvalue weighted by Crippen LogP contribution is -2.18. The summed E-state index contributed by atoms with van der Waals surface area (Å²) < 4.78 is 0. The van der Waals surface area contributed by atoms with Gasteiger partial charge in [-0.2, -0.15) is 0 Å². The molecule has 4 nitrogen and oxygen atoms in total. The molecular formula is C16H15NO3. The fourth-order valence-electron chi connectivity index (χ4n) is 2.21. The van der Waals surface area contributed by atoms with E-state index < -0.39 is 11.9 Å². The molecule has 1 heterocycles. The first-order chi connectivity index (χ1) is 9.59. The summed E-state index contributed by atoms with van der Waals surface area (Å²) in [5.41, 5.74) is 2.16. The van der Waals surface area contributed by atoms with E-state index in [1.54, 1.807) is 12.1 Å². The molecule has 0 radical (unpaired) electrons. The second-order valence-corrected chi connectivity index (χ2v) is 4.61. The van der Waals surface area contributed by atoms with Gasteiger partial charge in [0.25, 0.3) is 0 Å². The summed E-state index contributed by atoms with van der Waals surface area (Å²) in [6.45, 7) is 1.88. The predicted molar refractivity (Wildman–Crippen MR) is 74.7 cm³/mol. The standard InChI is InChI=1S/C16H15NO3/c1-11-4-2-3-5-13(11)14(10-15(18)19)16(20)12-6-8-17-9-7-12/h2-9,14H,10H2,1H3,(H,18,19). The van der Waals surface area contributed by atoms with Gasteiger partial charge < -0.3 is 5.11 Å². The van der Waals surface area contributed by atoms with Crippen LogP contribution in [0.2, 0.25) is 0 Å². The quantitative estimate of drug-likeness (QED) is 0.847. The van der Waals surface area contributed by atoms with Gasteiger partial charge in [-0.05, 0) is 30.2 Å². The molecular weight excluding hydrogens is 254 g/mol. The number of Topliss-reactive ketones (excluding diaryl/α,β-unsaturated/α-hetero) is 1. The Morgan fingerprint density at radius 3 is 2.40 bits per heavy atom. The molecule has 0 fully saturated rings. The Kier molecular flexibility index (Phi) is 4.25. The fourth-order valence-corrected chi connectivity index (χ4v) is 2.21. The average Bonchev–Trinajstić information content (AvgIpc) is 2.46. The molecule has 2 rings (SSSR count). The first-order valence-electron chi connectivity index (χ1n) is 6.31. The predicted octanol–water partition coefficient (Wildman–Crippen LogP) is 2.83. The highest BCUT2D eigenvalue weighted by molar-refractivity contribution is 6.02. The third-order valence-corrected chi connectivity index (χ3v) is 3.22. The van der Waals surface area contributed by atoms with E-state index in [4.69, 9.17) is 5.11 Å². The maximum Gasteiger partial charge on any atom is 0.304 e. The van der Waals surface area contributed by atoms with Gasteiger partial charge in [-0.15, -0.1) is 0 Å². The molecule has 0 bridgehead atoms. The Morgan fingerprint density at radius 1 is 1.15 bits per heavy atom. The summed E-state index contributed by atoms with van der Waals surface area (Å²) in [5.74, 6) is -1.85. The Balaban J connectivity index is 2.41. The molecule has 4 heteroatoms. The van der Waals surface area contributed by atoms with Crippen molar-refractivity contribution < 1.29 is 14.7 Å². The number of aromatic nitrogens is 1. The molecule has 20 heavy (non-hydrogen) atoms. The lowest BCUT2D eigenvalue weighted by atomic mass is 9.86. The van der Waals surface area contributed by atoms with Crippen LogP contribution < -0.4 is 0 Å². The molecule has 1 N–H and O–H groups in total. The number of rotatable bonds is 5. The molecule has 0 saturated heterocycles. The van der Waals surface area contributed by atoms with Crippen LogP contribution in [0.5, 0.6) is 0 Å². The average molecular weight is 269 g/mol. The van der Waals surface area contributed by atoms with Gasteiger partial charge in [0.05, 0.1) is 12.3 Å². The van der Waals surface area contributed by atoms with E-state index >= 15 is 0 Å². The highest BCUT2D eigenvalue weighted by Gasteiger charge is 2.25. The van der Waals surface area contributed by atoms with E-state index in [1.807, 2.05) is 31.2 Å². The number of carboxylic acid groups (broad SMARTS) is 1. The number of aliphatic carboxylic acids is 1. The maximum atomic E-state index is 12.5. The number of aryl methyl sites for hydroxylation is 1. The second kappa shape index (κ2) is 6.10. The van der Waals surface area contributed by atoms with Crippen molar-refractivity contribution in [2.45, 2.75) is 19.3 Å². The van der Waals surface area contributed by atoms with Crippen LogP contribution in [0.3, 0.4) is 0 Å². The molecule has 0 spiro atoms. The molecule has 102 valence electrons. The van der Waals surface area contributed by atoms with Crippen LogP contribution in [0.1, 0.15) is 33.8 Å². The zero-order chi connectivity index (χ0) is 14.5. The molecule has 0 aliphatic heterocycles. The Labute approximate surface area is 117 Å². The number of hydrogen-bond acceptors (Lipinski definition) is 3. The smallest absolute Gasteiger partial charge is 0.304 e.